The van der Waals surface area contributed by atoms with Crippen LogP contribution in [0.15, 0.2) is 5.38 Å². The fraction of sp³-hybridized carbons (Fsp3) is 0.625. The standard InChI is InChI=1S/C8H15N3S/c1-3-7(11-9)4-8-5-12-6(2)10-8/h5,7,11H,3-4,9H2,1-2H3. The Balaban J connectivity index is 2.50. The topological polar surface area (TPSA) is 50.9 Å². The van der Waals surface area contributed by atoms with Gasteiger partial charge in [-0.3, -0.25) is 11.3 Å². The van der Waals surface area contributed by atoms with Crippen molar-refractivity contribution >= 4 is 11.3 Å². The number of hydrogen-bond acceptors (Lipinski definition) is 4. The van der Waals surface area contributed by atoms with E-state index in [1.165, 1.54) is 0 Å². The predicted molar refractivity (Wildman–Crippen MR) is 52.0 cm³/mol. The lowest BCUT2D eigenvalue weighted by Gasteiger charge is -2.10. The molecule has 1 atom stereocenters. The van der Waals surface area contributed by atoms with Crippen LogP contribution < -0.4 is 11.3 Å². The van der Waals surface area contributed by atoms with E-state index in [1.54, 1.807) is 11.3 Å². The normalized spacial score (nSPS) is 13.2. The molecule has 0 aromatic carbocycles. The monoisotopic (exact) mass is 185 g/mol. The summed E-state index contributed by atoms with van der Waals surface area (Å²) in [5.41, 5.74) is 3.92. The van der Waals surface area contributed by atoms with Crippen LogP contribution in [0.5, 0.6) is 0 Å². The van der Waals surface area contributed by atoms with Crippen LogP contribution in [0.3, 0.4) is 0 Å². The Hall–Kier alpha value is -0.450. The molecule has 1 unspecified atom stereocenters. The lowest BCUT2D eigenvalue weighted by Crippen LogP contribution is -2.36. The van der Waals surface area contributed by atoms with Gasteiger partial charge in [-0.2, -0.15) is 0 Å². The smallest absolute Gasteiger partial charge is 0.0897 e. The summed E-state index contributed by atoms with van der Waals surface area (Å²) in [5, 5.41) is 3.21. The van der Waals surface area contributed by atoms with E-state index in [0.717, 1.165) is 23.5 Å². The molecule has 1 aromatic heterocycles. The van der Waals surface area contributed by atoms with Crippen LogP contribution in [0.4, 0.5) is 0 Å². The Morgan fingerprint density at radius 3 is 2.92 bits per heavy atom. The third kappa shape index (κ3) is 2.55. The molecule has 0 aliphatic heterocycles. The maximum Gasteiger partial charge on any atom is 0.0897 e. The number of hydrazine groups is 1. The number of rotatable bonds is 4. The second-order valence-corrected chi connectivity index (χ2v) is 3.90. The minimum Gasteiger partial charge on any atom is -0.271 e. The van der Waals surface area contributed by atoms with Crippen molar-refractivity contribution in [2.75, 3.05) is 0 Å². The molecule has 12 heavy (non-hydrogen) atoms. The quantitative estimate of drug-likeness (QED) is 0.548. The summed E-state index contributed by atoms with van der Waals surface area (Å²) in [7, 11) is 0. The minimum absolute atomic E-state index is 0.353. The van der Waals surface area contributed by atoms with Crippen molar-refractivity contribution in [2.24, 2.45) is 5.84 Å². The summed E-state index contributed by atoms with van der Waals surface area (Å²) in [6.07, 6.45) is 1.96. The van der Waals surface area contributed by atoms with Crippen molar-refractivity contribution in [2.45, 2.75) is 32.7 Å². The molecular formula is C8H15N3S. The van der Waals surface area contributed by atoms with E-state index in [4.69, 9.17) is 5.84 Å². The third-order valence-corrected chi connectivity index (χ3v) is 2.67. The minimum atomic E-state index is 0.353. The molecule has 1 aromatic rings. The molecule has 1 heterocycles. The number of thiazole rings is 1. The van der Waals surface area contributed by atoms with Gasteiger partial charge in [-0.1, -0.05) is 6.92 Å². The van der Waals surface area contributed by atoms with Crippen LogP contribution in [0.1, 0.15) is 24.0 Å². The summed E-state index contributed by atoms with van der Waals surface area (Å²) >= 11 is 1.69. The van der Waals surface area contributed by atoms with Gasteiger partial charge in [0.15, 0.2) is 0 Å². The SMILES string of the molecule is CCC(Cc1csc(C)n1)NN. The van der Waals surface area contributed by atoms with Gasteiger partial charge in [-0.25, -0.2) is 4.98 Å². The third-order valence-electron chi connectivity index (χ3n) is 1.85. The maximum absolute atomic E-state index is 5.36. The Morgan fingerprint density at radius 2 is 2.50 bits per heavy atom. The molecule has 0 amide bonds. The van der Waals surface area contributed by atoms with Gasteiger partial charge in [-0.15, -0.1) is 11.3 Å². The predicted octanol–water partition coefficient (Wildman–Crippen LogP) is 1.24. The van der Waals surface area contributed by atoms with E-state index in [-0.39, 0.29) is 0 Å². The van der Waals surface area contributed by atoms with Crippen LogP contribution in [-0.2, 0) is 6.42 Å². The Morgan fingerprint density at radius 1 is 1.75 bits per heavy atom. The fourth-order valence-electron chi connectivity index (χ4n) is 1.08. The largest absolute Gasteiger partial charge is 0.271 e. The summed E-state index contributed by atoms with van der Waals surface area (Å²) in [4.78, 5) is 4.37. The van der Waals surface area contributed by atoms with Crippen molar-refractivity contribution in [3.05, 3.63) is 16.1 Å². The molecule has 0 saturated carbocycles. The summed E-state index contributed by atoms with van der Waals surface area (Å²) < 4.78 is 0. The Bertz CT molecular complexity index is 230. The first-order chi connectivity index (χ1) is 5.76. The van der Waals surface area contributed by atoms with Gasteiger partial charge >= 0.3 is 0 Å². The van der Waals surface area contributed by atoms with E-state index >= 15 is 0 Å². The van der Waals surface area contributed by atoms with Crippen LogP contribution in [-0.4, -0.2) is 11.0 Å². The average molecular weight is 185 g/mol. The van der Waals surface area contributed by atoms with E-state index in [9.17, 15) is 0 Å². The molecule has 0 fully saturated rings. The van der Waals surface area contributed by atoms with Crippen molar-refractivity contribution in [1.82, 2.24) is 10.4 Å². The lowest BCUT2D eigenvalue weighted by molar-refractivity contribution is 0.507. The molecular weight excluding hydrogens is 170 g/mol. The molecule has 0 saturated heterocycles. The number of aryl methyl sites for hydroxylation is 1. The summed E-state index contributed by atoms with van der Waals surface area (Å²) in [6, 6.07) is 0.353. The summed E-state index contributed by atoms with van der Waals surface area (Å²) in [5.74, 6) is 5.36. The van der Waals surface area contributed by atoms with E-state index < -0.39 is 0 Å². The first-order valence-electron chi connectivity index (χ1n) is 4.13. The van der Waals surface area contributed by atoms with Crippen LogP contribution >= 0.6 is 11.3 Å². The van der Waals surface area contributed by atoms with Gasteiger partial charge in [0.2, 0.25) is 0 Å². The molecule has 1 rings (SSSR count). The second kappa shape index (κ2) is 4.54. The van der Waals surface area contributed by atoms with Gasteiger partial charge in [-0.05, 0) is 13.3 Å². The molecule has 0 aliphatic rings. The maximum atomic E-state index is 5.36. The van der Waals surface area contributed by atoms with Gasteiger partial charge < -0.3 is 0 Å². The van der Waals surface area contributed by atoms with Gasteiger partial charge in [0, 0.05) is 17.8 Å². The zero-order chi connectivity index (χ0) is 8.97. The molecule has 0 bridgehead atoms. The lowest BCUT2D eigenvalue weighted by atomic mass is 10.1. The molecule has 0 radical (unpaired) electrons. The van der Waals surface area contributed by atoms with E-state index in [0.29, 0.717) is 6.04 Å². The summed E-state index contributed by atoms with van der Waals surface area (Å²) in [6.45, 7) is 4.13. The number of nitrogens with zero attached hydrogens (tertiary/aromatic N) is 1. The van der Waals surface area contributed by atoms with E-state index in [1.807, 2.05) is 6.92 Å². The Labute approximate surface area is 77.0 Å². The molecule has 3 nitrogen and oxygen atoms in total. The zero-order valence-corrected chi connectivity index (χ0v) is 8.32. The highest BCUT2D eigenvalue weighted by molar-refractivity contribution is 7.09. The highest BCUT2D eigenvalue weighted by atomic mass is 32.1. The van der Waals surface area contributed by atoms with Gasteiger partial charge in [0.1, 0.15) is 0 Å². The number of hydrogen-bond donors (Lipinski definition) is 2. The van der Waals surface area contributed by atoms with Crippen molar-refractivity contribution in [3.8, 4) is 0 Å². The molecule has 4 heteroatoms. The van der Waals surface area contributed by atoms with Crippen LogP contribution in [0.2, 0.25) is 0 Å². The highest BCUT2D eigenvalue weighted by Gasteiger charge is 2.06. The van der Waals surface area contributed by atoms with Crippen molar-refractivity contribution in [1.29, 1.82) is 0 Å². The number of nitrogens with one attached hydrogen (secondary N) is 1. The van der Waals surface area contributed by atoms with Gasteiger partial charge in [0.05, 0.1) is 10.7 Å². The average Bonchev–Trinajstić information content (AvgIpc) is 2.47. The van der Waals surface area contributed by atoms with Crippen LogP contribution in [0.25, 0.3) is 0 Å². The Kier molecular flexibility index (Phi) is 3.65. The molecule has 68 valence electrons. The van der Waals surface area contributed by atoms with E-state index in [2.05, 4.69) is 22.7 Å². The van der Waals surface area contributed by atoms with Crippen molar-refractivity contribution < 1.29 is 0 Å². The van der Waals surface area contributed by atoms with Crippen LogP contribution in [0, 0.1) is 6.92 Å². The highest BCUT2D eigenvalue weighted by Crippen LogP contribution is 2.10. The zero-order valence-electron chi connectivity index (χ0n) is 7.50. The number of aromatic nitrogens is 1. The molecule has 0 aliphatic carbocycles. The molecule has 3 N–H and O–H groups in total. The molecule has 0 spiro atoms. The second-order valence-electron chi connectivity index (χ2n) is 2.83. The van der Waals surface area contributed by atoms with Gasteiger partial charge in [0.25, 0.3) is 0 Å². The number of nitrogens with two attached hydrogens (primary N) is 1. The first kappa shape index (κ1) is 9.64. The van der Waals surface area contributed by atoms with Crippen molar-refractivity contribution in [3.63, 3.8) is 0 Å². The first-order valence-corrected chi connectivity index (χ1v) is 5.01. The fourth-order valence-corrected chi connectivity index (χ4v) is 1.70.